The Kier molecular flexibility index (Phi) is 2.79. The van der Waals surface area contributed by atoms with Crippen LogP contribution in [0.1, 0.15) is 0 Å². The highest BCUT2D eigenvalue weighted by molar-refractivity contribution is 7.22. The van der Waals surface area contributed by atoms with Gasteiger partial charge in [-0.25, -0.2) is 0 Å². The third-order valence-electron chi connectivity index (χ3n) is 1.51. The van der Waals surface area contributed by atoms with Crippen molar-refractivity contribution in [1.29, 1.82) is 5.39 Å². The predicted octanol–water partition coefficient (Wildman–Crippen LogP) is 0.390. The van der Waals surface area contributed by atoms with Crippen LogP contribution in [0.25, 0.3) is 15.1 Å². The van der Waals surface area contributed by atoms with Crippen LogP contribution in [0.5, 0.6) is 0 Å². The van der Waals surface area contributed by atoms with E-state index in [9.17, 15) is 0 Å². The first-order chi connectivity index (χ1) is 5.40. The number of hydrogen-bond donors (Lipinski definition) is 0. The summed E-state index contributed by atoms with van der Waals surface area (Å²) in [4.78, 5) is 3.13. The van der Waals surface area contributed by atoms with Gasteiger partial charge in [0, 0.05) is 10.1 Å². The van der Waals surface area contributed by atoms with Crippen LogP contribution in [0.2, 0.25) is 0 Å². The molecule has 0 saturated carbocycles. The van der Waals surface area contributed by atoms with Gasteiger partial charge in [-0.15, -0.1) is 0 Å². The average molecular weight is 241 g/mol. The zero-order valence-electron chi connectivity index (χ0n) is 6.07. The van der Waals surface area contributed by atoms with Crippen LogP contribution in [-0.2, 0) is 0 Å². The molecule has 0 bridgehead atoms. The molecule has 4 heteroatoms. The largest absolute Gasteiger partial charge is 1.00 e. The van der Waals surface area contributed by atoms with E-state index in [0.29, 0.717) is 5.00 Å². The van der Waals surface area contributed by atoms with Gasteiger partial charge in [0.25, 0.3) is 0 Å². The first kappa shape index (κ1) is 9.17. The number of thiophene rings is 1. The van der Waals surface area contributed by atoms with E-state index in [1.54, 1.807) is 0 Å². The predicted molar refractivity (Wildman–Crippen MR) is 46.6 cm³/mol. The summed E-state index contributed by atoms with van der Waals surface area (Å²) in [6.07, 6.45) is 0. The van der Waals surface area contributed by atoms with E-state index in [2.05, 4.69) is 4.98 Å². The molecule has 0 atom stereocenters. The lowest BCUT2D eigenvalue weighted by molar-refractivity contribution is -0.00000227. The number of halogens is 1. The molecule has 0 aliphatic rings. The maximum Gasteiger partial charge on any atom is 0.441 e. The summed E-state index contributed by atoms with van der Waals surface area (Å²) in [7, 11) is 0. The molecule has 0 fully saturated rings. The number of hydrogen-bond acceptors (Lipinski definition) is 2. The highest BCUT2D eigenvalue weighted by Crippen LogP contribution is 2.31. The molecule has 0 N–H and O–H groups in total. The molecule has 60 valence electrons. The van der Waals surface area contributed by atoms with Crippen molar-refractivity contribution in [1.82, 2.24) is 0 Å². The molecule has 1 heterocycles. The standard InChI is InChI=1S/C8H5N2S.BrH/c9-10-8-5-6-3-1-2-4-7(6)11-8;/h1-5H;1H/q+1;/p-1. The quantitative estimate of drug-likeness (QED) is 0.613. The Hall–Kier alpha value is -0.920. The topological polar surface area (TPSA) is 28.1 Å². The minimum atomic E-state index is 0. The van der Waals surface area contributed by atoms with E-state index in [1.165, 1.54) is 11.3 Å². The minimum absolute atomic E-state index is 0. The Labute approximate surface area is 84.2 Å². The van der Waals surface area contributed by atoms with Gasteiger partial charge in [-0.05, 0) is 17.4 Å². The third kappa shape index (κ3) is 1.47. The van der Waals surface area contributed by atoms with E-state index < -0.39 is 0 Å². The van der Waals surface area contributed by atoms with Gasteiger partial charge in [-0.1, -0.05) is 18.2 Å². The minimum Gasteiger partial charge on any atom is -1.00 e. The Bertz CT molecular complexity index is 397. The first-order valence-corrected chi connectivity index (χ1v) is 4.05. The molecule has 12 heavy (non-hydrogen) atoms. The van der Waals surface area contributed by atoms with E-state index in [1.807, 2.05) is 30.3 Å². The van der Waals surface area contributed by atoms with Crippen molar-refractivity contribution in [2.75, 3.05) is 0 Å². The van der Waals surface area contributed by atoms with Crippen molar-refractivity contribution in [3.8, 4) is 0 Å². The molecule has 2 aromatic rings. The van der Waals surface area contributed by atoms with Crippen molar-refractivity contribution in [3.63, 3.8) is 0 Å². The number of fused-ring (bicyclic) bond motifs is 1. The monoisotopic (exact) mass is 240 g/mol. The van der Waals surface area contributed by atoms with Gasteiger partial charge in [-0.3, -0.25) is 0 Å². The molecule has 1 aromatic heterocycles. The molecule has 0 radical (unpaired) electrons. The summed E-state index contributed by atoms with van der Waals surface area (Å²) < 4.78 is 1.15. The Morgan fingerprint density at radius 2 is 2.00 bits per heavy atom. The number of rotatable bonds is 0. The third-order valence-corrected chi connectivity index (χ3v) is 2.51. The van der Waals surface area contributed by atoms with Gasteiger partial charge < -0.3 is 17.0 Å². The van der Waals surface area contributed by atoms with E-state index in [-0.39, 0.29) is 17.0 Å². The molecular formula is C8H5BrN2S. The normalized spacial score (nSPS) is 8.92. The Balaban J connectivity index is 0.000000720. The van der Waals surface area contributed by atoms with Gasteiger partial charge in [0.15, 0.2) is 4.98 Å². The van der Waals surface area contributed by atoms with Gasteiger partial charge in [0.1, 0.15) is 0 Å². The zero-order valence-corrected chi connectivity index (χ0v) is 8.47. The Morgan fingerprint density at radius 3 is 2.67 bits per heavy atom. The molecule has 2 rings (SSSR count). The smallest absolute Gasteiger partial charge is 0.441 e. The molecule has 2 nitrogen and oxygen atoms in total. The fourth-order valence-corrected chi connectivity index (χ4v) is 1.86. The molecule has 0 unspecified atom stereocenters. The van der Waals surface area contributed by atoms with E-state index >= 15 is 0 Å². The first-order valence-electron chi connectivity index (χ1n) is 3.24. The zero-order chi connectivity index (χ0) is 7.68. The van der Waals surface area contributed by atoms with Crippen molar-refractivity contribution >= 4 is 26.4 Å². The molecule has 0 spiro atoms. The fraction of sp³-hybridized carbons (Fsp3) is 0. The molecule has 1 aromatic carbocycles. The van der Waals surface area contributed by atoms with E-state index in [4.69, 9.17) is 5.39 Å². The molecule has 0 amide bonds. The maximum atomic E-state index is 8.47. The van der Waals surface area contributed by atoms with Gasteiger partial charge in [0.05, 0.1) is 6.07 Å². The molecule has 0 aliphatic heterocycles. The second kappa shape index (κ2) is 3.65. The van der Waals surface area contributed by atoms with Crippen LogP contribution >= 0.6 is 11.3 Å². The van der Waals surface area contributed by atoms with Crippen molar-refractivity contribution < 1.29 is 17.0 Å². The summed E-state index contributed by atoms with van der Waals surface area (Å²) in [5.74, 6) is 0. The number of diazo groups is 1. The average Bonchev–Trinajstić information content (AvgIpc) is 2.46. The van der Waals surface area contributed by atoms with Crippen molar-refractivity contribution in [2.24, 2.45) is 0 Å². The lowest BCUT2D eigenvalue weighted by atomic mass is 10.3. The van der Waals surface area contributed by atoms with Crippen LogP contribution < -0.4 is 17.0 Å². The van der Waals surface area contributed by atoms with E-state index in [0.717, 1.165) is 10.1 Å². The number of nitrogens with zero attached hydrogens (tertiary/aromatic N) is 2. The highest BCUT2D eigenvalue weighted by Gasteiger charge is 2.08. The summed E-state index contributed by atoms with van der Waals surface area (Å²) in [6.45, 7) is 0. The number of benzene rings is 1. The maximum absolute atomic E-state index is 8.47. The summed E-state index contributed by atoms with van der Waals surface area (Å²) in [6, 6.07) is 9.81. The lowest BCUT2D eigenvalue weighted by Gasteiger charge is -1.80. The van der Waals surface area contributed by atoms with Crippen LogP contribution in [0.3, 0.4) is 0 Å². The van der Waals surface area contributed by atoms with Crippen molar-refractivity contribution in [2.45, 2.75) is 0 Å². The second-order valence-electron chi connectivity index (χ2n) is 2.22. The second-order valence-corrected chi connectivity index (χ2v) is 3.28. The van der Waals surface area contributed by atoms with Crippen LogP contribution in [0.15, 0.2) is 30.3 Å². The fourth-order valence-electron chi connectivity index (χ4n) is 1.02. The van der Waals surface area contributed by atoms with Crippen LogP contribution in [0, 0.1) is 5.39 Å². The summed E-state index contributed by atoms with van der Waals surface area (Å²) in [5, 5.41) is 10.3. The molecule has 0 saturated heterocycles. The van der Waals surface area contributed by atoms with Gasteiger partial charge >= 0.3 is 5.00 Å². The summed E-state index contributed by atoms with van der Waals surface area (Å²) >= 11 is 1.48. The Morgan fingerprint density at radius 1 is 1.25 bits per heavy atom. The van der Waals surface area contributed by atoms with Crippen LogP contribution in [-0.4, -0.2) is 0 Å². The molecule has 0 aliphatic carbocycles. The van der Waals surface area contributed by atoms with Gasteiger partial charge in [0.2, 0.25) is 5.39 Å². The summed E-state index contributed by atoms with van der Waals surface area (Å²) in [5.41, 5.74) is 0. The highest BCUT2D eigenvalue weighted by atomic mass is 79.9. The van der Waals surface area contributed by atoms with Crippen LogP contribution in [0.4, 0.5) is 5.00 Å². The van der Waals surface area contributed by atoms with Gasteiger partial charge in [-0.2, -0.15) is 0 Å². The lowest BCUT2D eigenvalue weighted by Crippen LogP contribution is -3.00. The SMILES string of the molecule is N#[N+]c1cc2ccccc2s1.[Br-]. The van der Waals surface area contributed by atoms with Crippen molar-refractivity contribution in [3.05, 3.63) is 35.3 Å². The molecular weight excluding hydrogens is 236 g/mol.